The predicted molar refractivity (Wildman–Crippen MR) is 245 cm³/mol. The third-order valence-electron chi connectivity index (χ3n) is 11.5. The molecule has 1 aromatic heterocycles. The molecule has 0 aliphatic heterocycles. The van der Waals surface area contributed by atoms with Gasteiger partial charge >= 0.3 is 0 Å². The van der Waals surface area contributed by atoms with Crippen LogP contribution in [0.15, 0.2) is 229 Å². The van der Waals surface area contributed by atoms with Gasteiger partial charge in [-0.05, 0) is 103 Å². The number of rotatable bonds is 7. The van der Waals surface area contributed by atoms with Gasteiger partial charge in [0.25, 0.3) is 0 Å². The van der Waals surface area contributed by atoms with Gasteiger partial charge < -0.3 is 9.32 Å². The number of benzene rings is 10. The second-order valence-corrected chi connectivity index (χ2v) is 14.9. The average Bonchev–Trinajstić information content (AvgIpc) is 3.69. The molecule has 58 heavy (non-hydrogen) atoms. The molecule has 0 fully saturated rings. The zero-order chi connectivity index (χ0) is 38.4. The topological polar surface area (TPSA) is 16.4 Å². The summed E-state index contributed by atoms with van der Waals surface area (Å²) in [4.78, 5) is 2.36. The van der Waals surface area contributed by atoms with Crippen molar-refractivity contribution in [2.24, 2.45) is 0 Å². The van der Waals surface area contributed by atoms with Crippen LogP contribution in [0.5, 0.6) is 0 Å². The molecule has 0 aliphatic rings. The first-order valence-electron chi connectivity index (χ1n) is 19.8. The van der Waals surface area contributed by atoms with Crippen LogP contribution in [0.4, 0.5) is 17.1 Å². The minimum Gasteiger partial charge on any atom is -0.455 e. The van der Waals surface area contributed by atoms with Crippen molar-refractivity contribution in [3.63, 3.8) is 0 Å². The first kappa shape index (κ1) is 33.6. The summed E-state index contributed by atoms with van der Waals surface area (Å²) in [6.07, 6.45) is 0. The van der Waals surface area contributed by atoms with Crippen molar-refractivity contribution in [3.05, 3.63) is 224 Å². The maximum Gasteiger partial charge on any atom is 0.143 e. The summed E-state index contributed by atoms with van der Waals surface area (Å²) < 4.78 is 6.43. The third-order valence-corrected chi connectivity index (χ3v) is 11.5. The van der Waals surface area contributed by atoms with E-state index >= 15 is 0 Å². The lowest BCUT2D eigenvalue weighted by Crippen LogP contribution is -2.10. The van der Waals surface area contributed by atoms with Gasteiger partial charge in [-0.25, -0.2) is 0 Å². The summed E-state index contributed by atoms with van der Waals surface area (Å²) in [7, 11) is 0. The van der Waals surface area contributed by atoms with E-state index in [1.807, 2.05) is 12.1 Å². The molecule has 11 rings (SSSR count). The van der Waals surface area contributed by atoms with Crippen LogP contribution in [0, 0.1) is 0 Å². The van der Waals surface area contributed by atoms with E-state index in [-0.39, 0.29) is 0 Å². The minimum absolute atomic E-state index is 0.905. The van der Waals surface area contributed by atoms with Crippen molar-refractivity contribution in [3.8, 4) is 44.5 Å². The van der Waals surface area contributed by atoms with Crippen LogP contribution < -0.4 is 4.90 Å². The first-order chi connectivity index (χ1) is 28.8. The molecular weight excluding hydrogens is 703 g/mol. The van der Waals surface area contributed by atoms with E-state index in [1.165, 1.54) is 54.9 Å². The fraction of sp³-hybridized carbons (Fsp3) is 0. The van der Waals surface area contributed by atoms with E-state index in [0.29, 0.717) is 0 Å². The van der Waals surface area contributed by atoms with Crippen LogP contribution in [0.1, 0.15) is 0 Å². The molecule has 0 spiro atoms. The molecule has 0 saturated carbocycles. The zero-order valence-corrected chi connectivity index (χ0v) is 31.7. The third kappa shape index (κ3) is 5.82. The monoisotopic (exact) mass is 739 g/mol. The van der Waals surface area contributed by atoms with Crippen molar-refractivity contribution in [1.82, 2.24) is 0 Å². The average molecular weight is 740 g/mol. The van der Waals surface area contributed by atoms with Crippen molar-refractivity contribution >= 4 is 60.5 Å². The molecule has 272 valence electrons. The van der Waals surface area contributed by atoms with E-state index in [1.54, 1.807) is 0 Å². The zero-order valence-electron chi connectivity index (χ0n) is 31.7. The highest BCUT2D eigenvalue weighted by atomic mass is 16.3. The van der Waals surface area contributed by atoms with Crippen LogP contribution in [0.2, 0.25) is 0 Å². The minimum atomic E-state index is 0.905. The molecule has 0 radical (unpaired) electrons. The maximum atomic E-state index is 6.43. The fourth-order valence-electron chi connectivity index (χ4n) is 8.72. The van der Waals surface area contributed by atoms with Crippen LogP contribution in [-0.2, 0) is 0 Å². The smallest absolute Gasteiger partial charge is 0.143 e. The highest BCUT2D eigenvalue weighted by Crippen LogP contribution is 2.42. The Morgan fingerprint density at radius 1 is 0.276 bits per heavy atom. The van der Waals surface area contributed by atoms with E-state index in [9.17, 15) is 0 Å². The molecule has 0 amide bonds. The Morgan fingerprint density at radius 2 is 0.759 bits per heavy atom. The van der Waals surface area contributed by atoms with E-state index in [0.717, 1.165) is 50.1 Å². The number of fused-ring (bicyclic) bond motifs is 5. The van der Waals surface area contributed by atoms with Crippen LogP contribution in [0.25, 0.3) is 88.0 Å². The Bertz CT molecular complexity index is 3270. The lowest BCUT2D eigenvalue weighted by atomic mass is 9.91. The summed E-state index contributed by atoms with van der Waals surface area (Å²) in [6, 6.07) is 80.7. The first-order valence-corrected chi connectivity index (χ1v) is 19.8. The van der Waals surface area contributed by atoms with Crippen molar-refractivity contribution in [1.29, 1.82) is 0 Å². The van der Waals surface area contributed by atoms with Gasteiger partial charge in [-0.2, -0.15) is 0 Å². The Morgan fingerprint density at radius 3 is 1.48 bits per heavy atom. The standard InChI is InChI=1S/C56H37NO/c1-3-19-46-38(13-1)15-10-24-49(46)42-17-9-18-45(37-42)57(44-35-31-41(32-36-44)50-25-12-27-54-53-23-7-8-28-55(53)58-56(50)54)43-33-29-40(30-34-43)48-21-5-6-22-51(48)52-26-11-16-39-14-2-4-20-47(39)52/h1-37H. The molecule has 0 bridgehead atoms. The Hall–Kier alpha value is -7.68. The van der Waals surface area contributed by atoms with Gasteiger partial charge in [0.05, 0.1) is 0 Å². The Labute approximate surface area is 337 Å². The fourth-order valence-corrected chi connectivity index (χ4v) is 8.72. The van der Waals surface area contributed by atoms with Crippen molar-refractivity contribution in [2.45, 2.75) is 0 Å². The van der Waals surface area contributed by atoms with Gasteiger partial charge in [-0.15, -0.1) is 0 Å². The van der Waals surface area contributed by atoms with E-state index in [4.69, 9.17) is 4.42 Å². The number of para-hydroxylation sites is 2. The summed E-state index contributed by atoms with van der Waals surface area (Å²) >= 11 is 0. The highest BCUT2D eigenvalue weighted by Gasteiger charge is 2.18. The van der Waals surface area contributed by atoms with Gasteiger partial charge in [0.2, 0.25) is 0 Å². The second-order valence-electron chi connectivity index (χ2n) is 14.9. The molecule has 0 unspecified atom stereocenters. The molecule has 0 atom stereocenters. The molecule has 0 N–H and O–H groups in total. The van der Waals surface area contributed by atoms with Gasteiger partial charge in [0, 0.05) is 33.4 Å². The molecule has 0 saturated heterocycles. The predicted octanol–water partition coefficient (Wildman–Crippen LogP) is 16.0. The Balaban J connectivity index is 1.03. The quantitative estimate of drug-likeness (QED) is 0.162. The summed E-state index contributed by atoms with van der Waals surface area (Å²) in [5.41, 5.74) is 14.5. The van der Waals surface area contributed by atoms with Gasteiger partial charge in [-0.3, -0.25) is 0 Å². The summed E-state index contributed by atoms with van der Waals surface area (Å²) in [5.74, 6) is 0. The highest BCUT2D eigenvalue weighted by molar-refractivity contribution is 6.09. The maximum absolute atomic E-state index is 6.43. The molecule has 0 aliphatic carbocycles. The lowest BCUT2D eigenvalue weighted by Gasteiger charge is -2.26. The van der Waals surface area contributed by atoms with E-state index < -0.39 is 0 Å². The lowest BCUT2D eigenvalue weighted by molar-refractivity contribution is 0.670. The molecule has 1 heterocycles. The van der Waals surface area contributed by atoms with Gasteiger partial charge in [-0.1, -0.05) is 182 Å². The molecular formula is C56H37NO. The van der Waals surface area contributed by atoms with Gasteiger partial charge in [0.1, 0.15) is 11.2 Å². The molecule has 2 nitrogen and oxygen atoms in total. The number of anilines is 3. The molecule has 11 aromatic rings. The van der Waals surface area contributed by atoms with Crippen LogP contribution in [-0.4, -0.2) is 0 Å². The SMILES string of the molecule is c1cc(-c2cccc3ccccc23)cc(N(c2ccc(-c3ccccc3-c3cccc4ccccc34)cc2)c2ccc(-c3cccc4c3oc3ccccc34)cc2)c1. The molecule has 2 heteroatoms. The van der Waals surface area contributed by atoms with Gasteiger partial charge in [0.15, 0.2) is 0 Å². The Kier molecular flexibility index (Phi) is 8.19. The van der Waals surface area contributed by atoms with Crippen molar-refractivity contribution in [2.75, 3.05) is 4.90 Å². The second kappa shape index (κ2) is 14.1. The number of nitrogens with zero attached hydrogens (tertiary/aromatic N) is 1. The molecule has 10 aromatic carbocycles. The van der Waals surface area contributed by atoms with Crippen LogP contribution >= 0.6 is 0 Å². The van der Waals surface area contributed by atoms with Crippen LogP contribution in [0.3, 0.4) is 0 Å². The number of furan rings is 1. The van der Waals surface area contributed by atoms with Crippen molar-refractivity contribution < 1.29 is 4.42 Å². The normalized spacial score (nSPS) is 11.4. The largest absolute Gasteiger partial charge is 0.455 e. The summed E-state index contributed by atoms with van der Waals surface area (Å²) in [5, 5.41) is 7.24. The number of hydrogen-bond acceptors (Lipinski definition) is 2. The number of hydrogen-bond donors (Lipinski definition) is 0. The van der Waals surface area contributed by atoms with E-state index in [2.05, 4.69) is 217 Å². The summed E-state index contributed by atoms with van der Waals surface area (Å²) in [6.45, 7) is 0.